The third-order valence-electron chi connectivity index (χ3n) is 1.59. The average molecular weight is 168 g/mol. The van der Waals surface area contributed by atoms with E-state index in [1.54, 1.807) is 6.07 Å². The first-order chi connectivity index (χ1) is 5.77. The first kappa shape index (κ1) is 8.71. The van der Waals surface area contributed by atoms with E-state index in [4.69, 9.17) is 0 Å². The summed E-state index contributed by atoms with van der Waals surface area (Å²) in [6, 6.07) is 4.15. The zero-order chi connectivity index (χ0) is 8.97. The van der Waals surface area contributed by atoms with Crippen molar-refractivity contribution in [2.24, 2.45) is 0 Å². The summed E-state index contributed by atoms with van der Waals surface area (Å²) in [5, 5.41) is 0. The fourth-order valence-electron chi connectivity index (χ4n) is 0.982. The third kappa shape index (κ3) is 1.81. The van der Waals surface area contributed by atoms with Gasteiger partial charge in [-0.25, -0.2) is 4.39 Å². The Morgan fingerprint density at radius 1 is 1.58 bits per heavy atom. The van der Waals surface area contributed by atoms with Crippen LogP contribution in [-0.4, -0.2) is 6.47 Å². The molecule has 0 N–H and O–H groups in total. The van der Waals surface area contributed by atoms with Gasteiger partial charge in [-0.3, -0.25) is 4.79 Å². The van der Waals surface area contributed by atoms with E-state index < -0.39 is 5.82 Å². The molecule has 0 amide bonds. The minimum Gasteiger partial charge on any atom is -0.428 e. The highest BCUT2D eigenvalue weighted by Crippen LogP contribution is 2.19. The standard InChI is InChI=1S/C9H9FO2/c1-2-7-3-4-8(10)5-9(7)12-6-11/h3-6H,2H2,1H3. The van der Waals surface area contributed by atoms with Gasteiger partial charge >= 0.3 is 0 Å². The summed E-state index contributed by atoms with van der Waals surface area (Å²) in [5.74, 6) is -0.100. The van der Waals surface area contributed by atoms with Crippen LogP contribution in [0.3, 0.4) is 0 Å². The Balaban J connectivity index is 3.03. The van der Waals surface area contributed by atoms with Crippen LogP contribution in [0, 0.1) is 5.82 Å². The molecule has 0 spiro atoms. The largest absolute Gasteiger partial charge is 0.428 e. The maximum Gasteiger partial charge on any atom is 0.298 e. The van der Waals surface area contributed by atoms with Crippen LogP contribution in [-0.2, 0) is 11.2 Å². The maximum atomic E-state index is 12.6. The Morgan fingerprint density at radius 3 is 2.92 bits per heavy atom. The zero-order valence-electron chi connectivity index (χ0n) is 6.71. The number of halogens is 1. The van der Waals surface area contributed by atoms with Crippen LogP contribution in [0.2, 0.25) is 0 Å². The van der Waals surface area contributed by atoms with Crippen molar-refractivity contribution < 1.29 is 13.9 Å². The molecule has 0 atom stereocenters. The smallest absolute Gasteiger partial charge is 0.298 e. The van der Waals surface area contributed by atoms with Crippen molar-refractivity contribution in [2.45, 2.75) is 13.3 Å². The van der Waals surface area contributed by atoms with Crippen LogP contribution in [0.1, 0.15) is 12.5 Å². The van der Waals surface area contributed by atoms with Gasteiger partial charge in [-0.2, -0.15) is 0 Å². The van der Waals surface area contributed by atoms with Gasteiger partial charge < -0.3 is 4.74 Å². The highest BCUT2D eigenvalue weighted by molar-refractivity contribution is 5.48. The number of ether oxygens (including phenoxy) is 1. The molecule has 0 aliphatic rings. The van der Waals surface area contributed by atoms with E-state index in [9.17, 15) is 9.18 Å². The van der Waals surface area contributed by atoms with Crippen molar-refractivity contribution in [1.82, 2.24) is 0 Å². The molecule has 0 aliphatic carbocycles. The van der Waals surface area contributed by atoms with Crippen molar-refractivity contribution >= 4 is 6.47 Å². The summed E-state index contributed by atoms with van der Waals surface area (Å²) >= 11 is 0. The molecule has 1 aromatic rings. The van der Waals surface area contributed by atoms with E-state index in [1.165, 1.54) is 12.1 Å². The van der Waals surface area contributed by atoms with E-state index in [0.29, 0.717) is 18.6 Å². The van der Waals surface area contributed by atoms with E-state index >= 15 is 0 Å². The van der Waals surface area contributed by atoms with Crippen LogP contribution in [0.4, 0.5) is 4.39 Å². The summed E-state index contributed by atoms with van der Waals surface area (Å²) in [5.41, 5.74) is 0.823. The predicted molar refractivity (Wildman–Crippen MR) is 42.5 cm³/mol. The number of carbonyl (C=O) groups excluding carboxylic acids is 1. The van der Waals surface area contributed by atoms with Gasteiger partial charge in [0.25, 0.3) is 6.47 Å². The lowest BCUT2D eigenvalue weighted by Crippen LogP contribution is -1.94. The van der Waals surface area contributed by atoms with Crippen LogP contribution in [0.25, 0.3) is 0 Å². The van der Waals surface area contributed by atoms with Crippen LogP contribution >= 0.6 is 0 Å². The molecular weight excluding hydrogens is 159 g/mol. The van der Waals surface area contributed by atoms with Crippen LogP contribution in [0.15, 0.2) is 18.2 Å². The van der Waals surface area contributed by atoms with E-state index in [0.717, 1.165) is 5.56 Å². The molecule has 1 rings (SSSR count). The molecule has 0 aromatic heterocycles. The Morgan fingerprint density at radius 2 is 2.33 bits per heavy atom. The zero-order valence-corrected chi connectivity index (χ0v) is 6.71. The third-order valence-corrected chi connectivity index (χ3v) is 1.59. The molecule has 0 saturated heterocycles. The van der Waals surface area contributed by atoms with Crippen molar-refractivity contribution in [3.63, 3.8) is 0 Å². The second-order valence-electron chi connectivity index (χ2n) is 2.32. The monoisotopic (exact) mass is 168 g/mol. The van der Waals surface area contributed by atoms with E-state index in [-0.39, 0.29) is 0 Å². The number of rotatable bonds is 3. The fourth-order valence-corrected chi connectivity index (χ4v) is 0.982. The molecule has 0 aliphatic heterocycles. The van der Waals surface area contributed by atoms with Gasteiger partial charge in [0.15, 0.2) is 0 Å². The maximum absolute atomic E-state index is 12.6. The minimum absolute atomic E-state index is 0.299. The van der Waals surface area contributed by atoms with Crippen molar-refractivity contribution in [3.8, 4) is 5.75 Å². The highest BCUT2D eigenvalue weighted by Gasteiger charge is 2.02. The Kier molecular flexibility index (Phi) is 2.80. The van der Waals surface area contributed by atoms with Gasteiger partial charge in [-0.15, -0.1) is 0 Å². The molecule has 1 aromatic carbocycles. The predicted octanol–water partition coefficient (Wildman–Crippen LogP) is 1.92. The Hall–Kier alpha value is -1.38. The van der Waals surface area contributed by atoms with Gasteiger partial charge in [0.1, 0.15) is 11.6 Å². The molecule has 64 valence electrons. The number of hydrogen-bond donors (Lipinski definition) is 0. The Bertz CT molecular complexity index is 284. The second kappa shape index (κ2) is 3.85. The first-order valence-electron chi connectivity index (χ1n) is 3.66. The van der Waals surface area contributed by atoms with Gasteiger partial charge in [-0.05, 0) is 18.1 Å². The lowest BCUT2D eigenvalue weighted by molar-refractivity contribution is -0.120. The summed E-state index contributed by atoms with van der Waals surface area (Å²) < 4.78 is 17.2. The molecule has 0 saturated carbocycles. The molecule has 0 heterocycles. The van der Waals surface area contributed by atoms with E-state index in [1.807, 2.05) is 6.92 Å². The number of benzene rings is 1. The van der Waals surface area contributed by atoms with Gasteiger partial charge in [0.2, 0.25) is 0 Å². The van der Waals surface area contributed by atoms with Crippen LogP contribution < -0.4 is 4.74 Å². The van der Waals surface area contributed by atoms with Crippen molar-refractivity contribution in [1.29, 1.82) is 0 Å². The van der Waals surface area contributed by atoms with Crippen molar-refractivity contribution in [3.05, 3.63) is 29.6 Å². The number of hydrogen-bond acceptors (Lipinski definition) is 2. The summed E-state index contributed by atoms with van der Waals surface area (Å²) in [6.45, 7) is 2.21. The summed E-state index contributed by atoms with van der Waals surface area (Å²) in [6.07, 6.45) is 0.712. The molecule has 3 heteroatoms. The normalized spacial score (nSPS) is 9.50. The number of aryl methyl sites for hydroxylation is 1. The van der Waals surface area contributed by atoms with Gasteiger partial charge in [0, 0.05) is 6.07 Å². The SMILES string of the molecule is CCc1ccc(F)cc1OC=O. The Labute approximate surface area is 70.0 Å². The average Bonchev–Trinajstić information content (AvgIpc) is 2.05. The molecule has 0 radical (unpaired) electrons. The molecule has 0 bridgehead atoms. The van der Waals surface area contributed by atoms with Crippen molar-refractivity contribution in [2.75, 3.05) is 0 Å². The second-order valence-corrected chi connectivity index (χ2v) is 2.32. The van der Waals surface area contributed by atoms with Gasteiger partial charge in [0.05, 0.1) is 0 Å². The molecule has 12 heavy (non-hydrogen) atoms. The van der Waals surface area contributed by atoms with Crippen LogP contribution in [0.5, 0.6) is 5.75 Å². The lowest BCUT2D eigenvalue weighted by atomic mass is 10.1. The molecule has 2 nitrogen and oxygen atoms in total. The topological polar surface area (TPSA) is 26.3 Å². The lowest BCUT2D eigenvalue weighted by Gasteiger charge is -2.03. The minimum atomic E-state index is -0.399. The summed E-state index contributed by atoms with van der Waals surface area (Å²) in [4.78, 5) is 10.0. The number of carbonyl (C=O) groups is 1. The van der Waals surface area contributed by atoms with E-state index in [2.05, 4.69) is 4.74 Å². The molecular formula is C9H9FO2. The quantitative estimate of drug-likeness (QED) is 0.644. The molecule has 0 fully saturated rings. The first-order valence-corrected chi connectivity index (χ1v) is 3.66. The van der Waals surface area contributed by atoms with Gasteiger partial charge in [-0.1, -0.05) is 13.0 Å². The highest BCUT2D eigenvalue weighted by atomic mass is 19.1. The summed E-state index contributed by atoms with van der Waals surface area (Å²) in [7, 11) is 0. The fraction of sp³-hybridized carbons (Fsp3) is 0.222. The molecule has 0 unspecified atom stereocenters.